The van der Waals surface area contributed by atoms with Crippen LogP contribution in [0.3, 0.4) is 0 Å². The highest BCUT2D eigenvalue weighted by molar-refractivity contribution is 7.14. The molecule has 1 aliphatic rings. The van der Waals surface area contributed by atoms with Crippen molar-refractivity contribution in [1.29, 1.82) is 0 Å². The predicted octanol–water partition coefficient (Wildman–Crippen LogP) is 3.85. The fourth-order valence-electron chi connectivity index (χ4n) is 4.00. The molecule has 3 aromatic rings. The highest BCUT2D eigenvalue weighted by Gasteiger charge is 2.38. The number of thiazole rings is 1. The van der Waals surface area contributed by atoms with Crippen molar-refractivity contribution in [1.82, 2.24) is 25.4 Å². The van der Waals surface area contributed by atoms with Crippen molar-refractivity contribution < 1.29 is 14.1 Å². The van der Waals surface area contributed by atoms with E-state index in [0.717, 1.165) is 49.8 Å². The molecule has 0 spiro atoms. The van der Waals surface area contributed by atoms with Crippen LogP contribution < -0.4 is 10.6 Å². The van der Waals surface area contributed by atoms with Crippen LogP contribution in [-0.2, 0) is 21.5 Å². The van der Waals surface area contributed by atoms with Gasteiger partial charge in [-0.15, -0.1) is 11.3 Å². The van der Waals surface area contributed by atoms with E-state index in [4.69, 9.17) is 4.52 Å². The molecule has 0 atom stereocenters. The monoisotopic (exact) mass is 454 g/mol. The zero-order chi connectivity index (χ0) is 22.4. The van der Waals surface area contributed by atoms with Gasteiger partial charge in [0, 0.05) is 43.1 Å². The van der Waals surface area contributed by atoms with Gasteiger partial charge in [-0.1, -0.05) is 30.8 Å². The van der Waals surface area contributed by atoms with Crippen molar-refractivity contribution in [2.75, 3.05) is 5.32 Å². The number of carbonyl (C=O) groups excluding carboxylic acids is 2. The maximum Gasteiger partial charge on any atom is 0.227 e. The number of pyridine rings is 1. The lowest BCUT2D eigenvalue weighted by Gasteiger charge is -2.30. The maximum atomic E-state index is 12.4. The second-order valence-corrected chi connectivity index (χ2v) is 8.88. The normalized spacial score (nSPS) is 15.7. The second kappa shape index (κ2) is 9.99. The molecule has 0 aliphatic heterocycles. The fraction of sp³-hybridized carbons (Fsp3) is 0.455. The van der Waals surface area contributed by atoms with E-state index in [1.807, 2.05) is 17.5 Å². The van der Waals surface area contributed by atoms with Crippen LogP contribution in [0.4, 0.5) is 5.13 Å². The van der Waals surface area contributed by atoms with Crippen molar-refractivity contribution in [3.63, 3.8) is 0 Å². The van der Waals surface area contributed by atoms with Crippen LogP contribution in [0, 0.1) is 0 Å². The standard InChI is InChI=1S/C22H26N6O3S/c1-15(29)27-22(10-4-2-3-5-11-22)20-26-19(31-28-20)9-8-18(30)25-21-24-17(14-32-21)16-7-6-12-23-13-16/h6-7,12-14H,2-5,8-11H2,1H3,(H,27,29)(H,24,25,30). The Morgan fingerprint density at radius 2 is 2.00 bits per heavy atom. The van der Waals surface area contributed by atoms with Crippen LogP contribution in [-0.4, -0.2) is 31.9 Å². The van der Waals surface area contributed by atoms with Crippen LogP contribution in [0.1, 0.15) is 63.6 Å². The van der Waals surface area contributed by atoms with Gasteiger partial charge in [0.05, 0.1) is 5.69 Å². The number of hydrogen-bond donors (Lipinski definition) is 2. The summed E-state index contributed by atoms with van der Waals surface area (Å²) in [5.41, 5.74) is 1.08. The van der Waals surface area contributed by atoms with E-state index in [2.05, 4.69) is 30.7 Å². The van der Waals surface area contributed by atoms with E-state index in [0.29, 0.717) is 23.3 Å². The molecule has 1 fully saturated rings. The minimum Gasteiger partial charge on any atom is -0.343 e. The lowest BCUT2D eigenvalue weighted by atomic mass is 9.89. The zero-order valence-electron chi connectivity index (χ0n) is 18.0. The average molecular weight is 455 g/mol. The molecule has 2 amide bonds. The van der Waals surface area contributed by atoms with Crippen molar-refractivity contribution in [2.24, 2.45) is 0 Å². The lowest BCUT2D eigenvalue weighted by Crippen LogP contribution is -2.45. The molecule has 4 rings (SSSR count). The Morgan fingerprint density at radius 1 is 1.19 bits per heavy atom. The molecular weight excluding hydrogens is 428 g/mol. The Kier molecular flexibility index (Phi) is 6.89. The molecule has 0 aromatic carbocycles. The molecule has 2 N–H and O–H groups in total. The van der Waals surface area contributed by atoms with Gasteiger partial charge in [-0.2, -0.15) is 4.98 Å². The summed E-state index contributed by atoms with van der Waals surface area (Å²) in [6.07, 6.45) is 9.78. The number of rotatable bonds is 7. The van der Waals surface area contributed by atoms with E-state index in [1.165, 1.54) is 18.3 Å². The predicted molar refractivity (Wildman–Crippen MR) is 120 cm³/mol. The van der Waals surface area contributed by atoms with Gasteiger partial charge in [-0.05, 0) is 25.0 Å². The first-order valence-corrected chi connectivity index (χ1v) is 11.7. The molecule has 3 heterocycles. The molecule has 9 nitrogen and oxygen atoms in total. The minimum atomic E-state index is -0.587. The van der Waals surface area contributed by atoms with Gasteiger partial charge in [0.1, 0.15) is 5.54 Å². The SMILES string of the molecule is CC(=O)NC1(c2noc(CCC(=O)Nc3nc(-c4cccnc4)cs3)n2)CCCCCC1. The first-order chi connectivity index (χ1) is 15.5. The Bertz CT molecular complexity index is 1060. The molecule has 1 aliphatic carbocycles. The molecule has 1 saturated carbocycles. The Labute approximate surface area is 190 Å². The zero-order valence-corrected chi connectivity index (χ0v) is 18.8. The highest BCUT2D eigenvalue weighted by Crippen LogP contribution is 2.34. The largest absolute Gasteiger partial charge is 0.343 e. The number of nitrogens with one attached hydrogen (secondary N) is 2. The Morgan fingerprint density at radius 3 is 2.72 bits per heavy atom. The topological polar surface area (TPSA) is 123 Å². The van der Waals surface area contributed by atoms with E-state index in [-0.39, 0.29) is 18.2 Å². The van der Waals surface area contributed by atoms with E-state index in [9.17, 15) is 9.59 Å². The molecule has 0 saturated heterocycles. The average Bonchev–Trinajstić information content (AvgIpc) is 3.39. The molecule has 3 aromatic heterocycles. The summed E-state index contributed by atoms with van der Waals surface area (Å²) >= 11 is 1.36. The third-order valence-corrected chi connectivity index (χ3v) is 6.30. The van der Waals surface area contributed by atoms with Crippen molar-refractivity contribution >= 4 is 28.3 Å². The van der Waals surface area contributed by atoms with Crippen LogP contribution >= 0.6 is 11.3 Å². The first kappa shape index (κ1) is 22.1. The van der Waals surface area contributed by atoms with E-state index < -0.39 is 5.54 Å². The summed E-state index contributed by atoms with van der Waals surface area (Å²) in [4.78, 5) is 37.3. The van der Waals surface area contributed by atoms with Gasteiger partial charge in [0.2, 0.25) is 17.7 Å². The summed E-state index contributed by atoms with van der Waals surface area (Å²) in [6.45, 7) is 1.51. The minimum absolute atomic E-state index is 0.105. The van der Waals surface area contributed by atoms with Gasteiger partial charge >= 0.3 is 0 Å². The summed E-state index contributed by atoms with van der Waals surface area (Å²) in [5.74, 6) is 0.611. The fourth-order valence-corrected chi connectivity index (χ4v) is 4.74. The number of hydrogen-bond acceptors (Lipinski definition) is 8. The number of aryl methyl sites for hydroxylation is 1. The summed E-state index contributed by atoms with van der Waals surface area (Å²) < 4.78 is 5.42. The summed E-state index contributed by atoms with van der Waals surface area (Å²) in [7, 11) is 0. The van der Waals surface area contributed by atoms with Crippen LogP contribution in [0.5, 0.6) is 0 Å². The second-order valence-electron chi connectivity index (χ2n) is 8.02. The number of anilines is 1. The Balaban J connectivity index is 1.36. The number of aromatic nitrogens is 4. The molecule has 10 heteroatoms. The van der Waals surface area contributed by atoms with Crippen LogP contribution in [0.15, 0.2) is 34.4 Å². The lowest BCUT2D eigenvalue weighted by molar-refractivity contribution is -0.121. The number of carbonyl (C=O) groups is 2. The van der Waals surface area contributed by atoms with Crippen molar-refractivity contribution in [2.45, 2.75) is 63.8 Å². The van der Waals surface area contributed by atoms with Crippen LogP contribution in [0.2, 0.25) is 0 Å². The first-order valence-electron chi connectivity index (χ1n) is 10.8. The van der Waals surface area contributed by atoms with Gasteiger partial charge in [-0.25, -0.2) is 4.98 Å². The smallest absolute Gasteiger partial charge is 0.227 e. The molecule has 0 radical (unpaired) electrons. The molecular formula is C22H26N6O3S. The maximum absolute atomic E-state index is 12.4. The highest BCUT2D eigenvalue weighted by atomic mass is 32.1. The van der Waals surface area contributed by atoms with Gasteiger partial charge in [-0.3, -0.25) is 14.6 Å². The van der Waals surface area contributed by atoms with E-state index in [1.54, 1.807) is 12.4 Å². The van der Waals surface area contributed by atoms with Crippen molar-refractivity contribution in [3.8, 4) is 11.3 Å². The summed E-state index contributed by atoms with van der Waals surface area (Å²) in [6, 6.07) is 3.76. The molecule has 168 valence electrons. The van der Waals surface area contributed by atoms with Gasteiger partial charge < -0.3 is 15.2 Å². The van der Waals surface area contributed by atoms with Gasteiger partial charge in [0.15, 0.2) is 11.0 Å². The van der Waals surface area contributed by atoms with Gasteiger partial charge in [0.25, 0.3) is 0 Å². The summed E-state index contributed by atoms with van der Waals surface area (Å²) in [5, 5.41) is 12.4. The Hall–Kier alpha value is -3.14. The number of amides is 2. The quantitative estimate of drug-likeness (QED) is 0.520. The molecule has 0 unspecified atom stereocenters. The third-order valence-electron chi connectivity index (χ3n) is 5.54. The molecule has 0 bridgehead atoms. The third kappa shape index (κ3) is 5.37. The van der Waals surface area contributed by atoms with Crippen LogP contribution in [0.25, 0.3) is 11.3 Å². The number of nitrogens with zero attached hydrogens (tertiary/aromatic N) is 4. The molecule has 32 heavy (non-hydrogen) atoms. The van der Waals surface area contributed by atoms with Crippen molar-refractivity contribution in [3.05, 3.63) is 41.6 Å². The van der Waals surface area contributed by atoms with E-state index >= 15 is 0 Å².